The average Bonchev–Trinajstić information content (AvgIpc) is 3.40. The van der Waals surface area contributed by atoms with Gasteiger partial charge in [0.15, 0.2) is 0 Å². The van der Waals surface area contributed by atoms with Crippen LogP contribution in [0.2, 0.25) is 0 Å². The minimum atomic E-state index is -4.32. The van der Waals surface area contributed by atoms with Crippen molar-refractivity contribution >= 4 is 15.7 Å². The molecule has 2 aromatic rings. The predicted molar refractivity (Wildman–Crippen MR) is 93.5 cm³/mol. The fourth-order valence-corrected chi connectivity index (χ4v) is 2.99. The SMILES string of the molecule is COc1nnc(-c2cccc(OCC3(C(F)(F)F)CC3)n2)cc1NS(C)(=O)=O. The topological polar surface area (TPSA) is 103 Å². The summed E-state index contributed by atoms with van der Waals surface area (Å²) in [5, 5.41) is 7.69. The Morgan fingerprint density at radius 3 is 2.50 bits per heavy atom. The highest BCUT2D eigenvalue weighted by Crippen LogP contribution is 2.57. The molecule has 1 aliphatic rings. The van der Waals surface area contributed by atoms with Crippen molar-refractivity contribution in [3.05, 3.63) is 24.3 Å². The molecule has 0 aliphatic heterocycles. The van der Waals surface area contributed by atoms with E-state index in [9.17, 15) is 21.6 Å². The van der Waals surface area contributed by atoms with E-state index in [-0.39, 0.29) is 41.7 Å². The first-order chi connectivity index (χ1) is 13.0. The van der Waals surface area contributed by atoms with Gasteiger partial charge >= 0.3 is 6.18 Å². The molecule has 0 bridgehead atoms. The Labute approximate surface area is 159 Å². The van der Waals surface area contributed by atoms with Crippen LogP contribution in [0, 0.1) is 5.41 Å². The number of hydrogen-bond acceptors (Lipinski definition) is 7. The number of ether oxygens (including phenoxy) is 2. The van der Waals surface area contributed by atoms with Crippen LogP contribution < -0.4 is 14.2 Å². The highest BCUT2D eigenvalue weighted by atomic mass is 32.2. The van der Waals surface area contributed by atoms with Crippen molar-refractivity contribution < 1.29 is 31.1 Å². The molecule has 1 aliphatic carbocycles. The number of anilines is 1. The van der Waals surface area contributed by atoms with E-state index in [0.717, 1.165) is 6.26 Å². The van der Waals surface area contributed by atoms with Crippen molar-refractivity contribution in [2.45, 2.75) is 19.0 Å². The number of sulfonamides is 1. The number of hydrogen-bond donors (Lipinski definition) is 1. The molecule has 0 saturated heterocycles. The second-order valence-corrected chi connectivity index (χ2v) is 8.20. The highest BCUT2D eigenvalue weighted by Gasteiger charge is 2.63. The molecule has 2 heterocycles. The molecule has 0 atom stereocenters. The van der Waals surface area contributed by atoms with Crippen LogP contribution in [0.1, 0.15) is 12.8 Å². The lowest BCUT2D eigenvalue weighted by Gasteiger charge is -2.19. The van der Waals surface area contributed by atoms with Crippen molar-refractivity contribution in [1.29, 1.82) is 0 Å². The zero-order chi connectivity index (χ0) is 20.6. The molecule has 0 radical (unpaired) electrons. The molecule has 12 heteroatoms. The summed E-state index contributed by atoms with van der Waals surface area (Å²) in [6, 6.07) is 5.88. The summed E-state index contributed by atoms with van der Waals surface area (Å²) in [6.45, 7) is -0.512. The molecule has 0 spiro atoms. The van der Waals surface area contributed by atoms with Gasteiger partial charge in [-0.2, -0.15) is 13.2 Å². The third kappa shape index (κ3) is 4.43. The molecule has 152 valence electrons. The summed E-state index contributed by atoms with van der Waals surface area (Å²) in [5.74, 6) is -0.0364. The molecule has 2 aromatic heterocycles. The molecule has 0 amide bonds. The number of nitrogens with zero attached hydrogens (tertiary/aromatic N) is 3. The Morgan fingerprint density at radius 2 is 1.93 bits per heavy atom. The first kappa shape index (κ1) is 20.1. The van der Waals surface area contributed by atoms with Crippen molar-refractivity contribution in [3.8, 4) is 23.1 Å². The quantitative estimate of drug-likeness (QED) is 0.737. The monoisotopic (exact) mass is 418 g/mol. The van der Waals surface area contributed by atoms with E-state index in [0.29, 0.717) is 0 Å². The molecule has 28 heavy (non-hydrogen) atoms. The van der Waals surface area contributed by atoms with Crippen LogP contribution in [0.15, 0.2) is 24.3 Å². The van der Waals surface area contributed by atoms with Crippen LogP contribution in [-0.4, -0.2) is 49.7 Å². The molecule has 1 N–H and O–H groups in total. The van der Waals surface area contributed by atoms with Crippen LogP contribution in [0.4, 0.5) is 18.9 Å². The Bertz CT molecular complexity index is 978. The fraction of sp³-hybridized carbons (Fsp3) is 0.438. The van der Waals surface area contributed by atoms with Crippen molar-refractivity contribution in [3.63, 3.8) is 0 Å². The third-order valence-electron chi connectivity index (χ3n) is 4.19. The number of aromatic nitrogens is 3. The lowest BCUT2D eigenvalue weighted by molar-refractivity contribution is -0.194. The Balaban J connectivity index is 1.83. The van der Waals surface area contributed by atoms with E-state index >= 15 is 0 Å². The largest absolute Gasteiger partial charge is 0.478 e. The van der Waals surface area contributed by atoms with E-state index in [4.69, 9.17) is 9.47 Å². The van der Waals surface area contributed by atoms with Crippen molar-refractivity contribution in [2.75, 3.05) is 24.7 Å². The number of pyridine rings is 1. The summed E-state index contributed by atoms with van der Waals surface area (Å²) in [5.41, 5.74) is -1.32. The molecular formula is C16H17F3N4O4S. The highest BCUT2D eigenvalue weighted by molar-refractivity contribution is 7.92. The van der Waals surface area contributed by atoms with Gasteiger partial charge in [-0.1, -0.05) is 6.07 Å². The van der Waals surface area contributed by atoms with Gasteiger partial charge in [-0.25, -0.2) is 13.4 Å². The number of methoxy groups -OCH3 is 1. The molecule has 8 nitrogen and oxygen atoms in total. The summed E-state index contributed by atoms with van der Waals surface area (Å²) in [6.07, 6.45) is -3.30. The zero-order valence-electron chi connectivity index (χ0n) is 14.9. The molecular weight excluding hydrogens is 401 g/mol. The lowest BCUT2D eigenvalue weighted by atomic mass is 10.1. The normalized spacial score (nSPS) is 15.8. The van der Waals surface area contributed by atoms with Gasteiger partial charge in [0.25, 0.3) is 5.88 Å². The molecule has 3 rings (SSSR count). The van der Waals surface area contributed by atoms with Gasteiger partial charge < -0.3 is 9.47 Å². The maximum absolute atomic E-state index is 13.0. The van der Waals surface area contributed by atoms with E-state index < -0.39 is 28.2 Å². The van der Waals surface area contributed by atoms with E-state index in [1.54, 1.807) is 12.1 Å². The third-order valence-corrected chi connectivity index (χ3v) is 4.78. The van der Waals surface area contributed by atoms with E-state index in [1.807, 2.05) is 0 Å². The standard InChI is InChI=1S/C16H17F3N4O4S/c1-26-14-12(23-28(2,24)25)8-11(21-22-14)10-4-3-5-13(20-10)27-9-15(6-7-15)16(17,18)19/h3-5,8H,6-7,9H2,1-2H3,(H,21,23). The second-order valence-electron chi connectivity index (χ2n) is 6.45. The van der Waals surface area contributed by atoms with Gasteiger partial charge in [-0.15, -0.1) is 10.2 Å². The zero-order valence-corrected chi connectivity index (χ0v) is 15.8. The summed E-state index contributed by atoms with van der Waals surface area (Å²) in [7, 11) is -2.29. The number of alkyl halides is 3. The smallest absolute Gasteiger partial charge is 0.397 e. The van der Waals surface area contributed by atoms with Crippen LogP contribution in [-0.2, 0) is 10.0 Å². The van der Waals surface area contributed by atoms with Crippen LogP contribution in [0.25, 0.3) is 11.4 Å². The minimum Gasteiger partial charge on any atom is -0.478 e. The van der Waals surface area contributed by atoms with Crippen molar-refractivity contribution in [1.82, 2.24) is 15.2 Å². The van der Waals surface area contributed by atoms with Crippen LogP contribution >= 0.6 is 0 Å². The Kier molecular flexibility index (Phi) is 5.08. The fourth-order valence-electron chi connectivity index (χ4n) is 2.44. The molecule has 0 aromatic carbocycles. The van der Waals surface area contributed by atoms with Gasteiger partial charge in [0.1, 0.15) is 23.4 Å². The Morgan fingerprint density at radius 1 is 1.21 bits per heavy atom. The second kappa shape index (κ2) is 7.08. The molecule has 0 unspecified atom stereocenters. The van der Waals surface area contributed by atoms with Gasteiger partial charge in [0.2, 0.25) is 15.9 Å². The maximum Gasteiger partial charge on any atom is 0.397 e. The van der Waals surface area contributed by atoms with E-state index in [2.05, 4.69) is 19.9 Å². The Hall–Kier alpha value is -2.63. The van der Waals surface area contributed by atoms with Crippen LogP contribution in [0.5, 0.6) is 11.8 Å². The first-order valence-corrected chi connectivity index (χ1v) is 9.99. The summed E-state index contributed by atoms with van der Waals surface area (Å²) < 4.78 is 74.5. The van der Waals surface area contributed by atoms with Gasteiger partial charge in [0.05, 0.1) is 19.1 Å². The van der Waals surface area contributed by atoms with Crippen molar-refractivity contribution in [2.24, 2.45) is 5.41 Å². The van der Waals surface area contributed by atoms with Gasteiger partial charge in [-0.3, -0.25) is 4.72 Å². The maximum atomic E-state index is 13.0. The predicted octanol–water partition coefficient (Wildman–Crippen LogP) is 2.64. The van der Waals surface area contributed by atoms with E-state index in [1.165, 1.54) is 19.2 Å². The first-order valence-electron chi connectivity index (χ1n) is 8.09. The number of nitrogens with one attached hydrogen (secondary N) is 1. The minimum absolute atomic E-state index is 0.00302. The summed E-state index contributed by atoms with van der Waals surface area (Å²) >= 11 is 0. The average molecular weight is 418 g/mol. The molecule has 1 saturated carbocycles. The lowest BCUT2D eigenvalue weighted by Crippen LogP contribution is -2.30. The summed E-state index contributed by atoms with van der Waals surface area (Å²) in [4.78, 5) is 4.14. The molecule has 1 fully saturated rings. The van der Waals surface area contributed by atoms with Gasteiger partial charge in [-0.05, 0) is 25.0 Å². The van der Waals surface area contributed by atoms with Gasteiger partial charge in [0, 0.05) is 6.07 Å². The van der Waals surface area contributed by atoms with Crippen LogP contribution in [0.3, 0.4) is 0 Å². The number of rotatable bonds is 7. The number of halogens is 3.